The van der Waals surface area contributed by atoms with Crippen molar-refractivity contribution in [3.63, 3.8) is 0 Å². The summed E-state index contributed by atoms with van der Waals surface area (Å²) < 4.78 is 5.43. The second-order valence-electron chi connectivity index (χ2n) is 4.13. The fraction of sp³-hybridized carbons (Fsp3) is 0.467. The minimum Gasteiger partial charge on any atom is -0.490 e. The van der Waals surface area contributed by atoms with Gasteiger partial charge in [-0.1, -0.05) is 31.7 Å². The third-order valence-corrected chi connectivity index (χ3v) is 2.58. The minimum absolute atomic E-state index is 0. The quantitative estimate of drug-likeness (QED) is 0.513. The van der Waals surface area contributed by atoms with Gasteiger partial charge in [-0.2, -0.15) is 0 Å². The molecular weight excluding hydrogens is 295 g/mol. The predicted molar refractivity (Wildman–Crippen MR) is 91.5 cm³/mol. The smallest absolute Gasteiger partial charge is 0.119 e. The standard InChI is InChI=1S/C15H24N2O.2ClH/c1-3-12-18-15-8-6-14(7-9-15)13-17-11-5-10-16-4-2;;/h3,6-9,16-17H,1,4-5,10-13H2,2H3;2*1H. The Kier molecular flexibility index (Phi) is 15.8. The molecule has 0 aromatic heterocycles. The molecule has 0 spiro atoms. The van der Waals surface area contributed by atoms with Gasteiger partial charge >= 0.3 is 0 Å². The van der Waals surface area contributed by atoms with Crippen LogP contribution in [-0.2, 0) is 6.54 Å². The summed E-state index contributed by atoms with van der Waals surface area (Å²) >= 11 is 0. The van der Waals surface area contributed by atoms with E-state index in [9.17, 15) is 0 Å². The summed E-state index contributed by atoms with van der Waals surface area (Å²) in [5.41, 5.74) is 1.28. The highest BCUT2D eigenvalue weighted by atomic mass is 35.5. The Balaban J connectivity index is 0. The van der Waals surface area contributed by atoms with Crippen LogP contribution >= 0.6 is 24.8 Å². The van der Waals surface area contributed by atoms with Crippen LogP contribution in [0.3, 0.4) is 0 Å². The predicted octanol–water partition coefficient (Wildman–Crippen LogP) is 3.18. The van der Waals surface area contributed by atoms with Crippen molar-refractivity contribution in [3.8, 4) is 5.75 Å². The lowest BCUT2D eigenvalue weighted by molar-refractivity contribution is 0.363. The monoisotopic (exact) mass is 320 g/mol. The maximum atomic E-state index is 5.43. The molecule has 0 unspecified atom stereocenters. The molecule has 0 fully saturated rings. The molecule has 1 rings (SSSR count). The third kappa shape index (κ3) is 10.1. The second-order valence-corrected chi connectivity index (χ2v) is 4.13. The van der Waals surface area contributed by atoms with Crippen molar-refractivity contribution >= 4 is 24.8 Å². The molecule has 1 aromatic carbocycles. The zero-order chi connectivity index (χ0) is 13.1. The van der Waals surface area contributed by atoms with Crippen LogP contribution in [0.4, 0.5) is 0 Å². The first-order valence-electron chi connectivity index (χ1n) is 6.61. The number of hydrogen-bond donors (Lipinski definition) is 2. The summed E-state index contributed by atoms with van der Waals surface area (Å²) in [6.45, 7) is 10.4. The molecule has 116 valence electrons. The molecule has 0 aliphatic rings. The summed E-state index contributed by atoms with van der Waals surface area (Å²) in [7, 11) is 0. The third-order valence-electron chi connectivity index (χ3n) is 2.58. The zero-order valence-electron chi connectivity index (χ0n) is 12.1. The number of rotatable bonds is 10. The van der Waals surface area contributed by atoms with Crippen molar-refractivity contribution in [1.29, 1.82) is 0 Å². The average molecular weight is 321 g/mol. The van der Waals surface area contributed by atoms with Gasteiger partial charge in [0.15, 0.2) is 0 Å². The highest BCUT2D eigenvalue weighted by molar-refractivity contribution is 5.85. The molecule has 0 bridgehead atoms. The van der Waals surface area contributed by atoms with Crippen LogP contribution in [0.5, 0.6) is 5.75 Å². The van der Waals surface area contributed by atoms with Gasteiger partial charge in [-0.05, 0) is 43.8 Å². The normalized spacial score (nSPS) is 9.25. The lowest BCUT2D eigenvalue weighted by Crippen LogP contribution is -2.21. The molecule has 0 heterocycles. The fourth-order valence-corrected chi connectivity index (χ4v) is 1.61. The molecular formula is C15H26Cl2N2O. The molecule has 0 saturated heterocycles. The number of halogens is 2. The SMILES string of the molecule is C=CCOc1ccc(CNCCCNCC)cc1.Cl.Cl. The summed E-state index contributed by atoms with van der Waals surface area (Å²) in [6, 6.07) is 8.18. The van der Waals surface area contributed by atoms with E-state index in [-0.39, 0.29) is 24.8 Å². The van der Waals surface area contributed by atoms with Crippen LogP contribution in [-0.4, -0.2) is 26.2 Å². The Morgan fingerprint density at radius 3 is 2.35 bits per heavy atom. The Morgan fingerprint density at radius 2 is 1.75 bits per heavy atom. The van der Waals surface area contributed by atoms with E-state index in [4.69, 9.17) is 4.74 Å². The maximum Gasteiger partial charge on any atom is 0.119 e. The van der Waals surface area contributed by atoms with Crippen molar-refractivity contribution in [1.82, 2.24) is 10.6 Å². The van der Waals surface area contributed by atoms with Crippen LogP contribution in [0.1, 0.15) is 18.9 Å². The summed E-state index contributed by atoms with van der Waals surface area (Å²) in [6.07, 6.45) is 2.91. The first-order chi connectivity index (χ1) is 8.86. The van der Waals surface area contributed by atoms with Gasteiger partial charge < -0.3 is 15.4 Å². The van der Waals surface area contributed by atoms with E-state index >= 15 is 0 Å². The molecule has 0 saturated carbocycles. The van der Waals surface area contributed by atoms with Crippen molar-refractivity contribution in [2.24, 2.45) is 0 Å². The van der Waals surface area contributed by atoms with Gasteiger partial charge in [-0.3, -0.25) is 0 Å². The van der Waals surface area contributed by atoms with E-state index in [1.165, 1.54) is 5.56 Å². The lowest BCUT2D eigenvalue weighted by Gasteiger charge is -2.07. The number of ether oxygens (including phenoxy) is 1. The van der Waals surface area contributed by atoms with Gasteiger partial charge in [0.2, 0.25) is 0 Å². The molecule has 0 aliphatic carbocycles. The van der Waals surface area contributed by atoms with Gasteiger partial charge in [-0.15, -0.1) is 24.8 Å². The van der Waals surface area contributed by atoms with Crippen molar-refractivity contribution in [3.05, 3.63) is 42.5 Å². The minimum atomic E-state index is 0. The molecule has 3 nitrogen and oxygen atoms in total. The molecule has 0 amide bonds. The Bertz CT molecular complexity index is 331. The fourth-order valence-electron chi connectivity index (χ4n) is 1.61. The van der Waals surface area contributed by atoms with Crippen molar-refractivity contribution in [2.45, 2.75) is 19.9 Å². The van der Waals surface area contributed by atoms with E-state index in [2.05, 4.69) is 36.3 Å². The number of nitrogens with one attached hydrogen (secondary N) is 2. The summed E-state index contributed by atoms with van der Waals surface area (Å²) in [4.78, 5) is 0. The zero-order valence-corrected chi connectivity index (χ0v) is 13.7. The molecule has 5 heteroatoms. The second kappa shape index (κ2) is 14.7. The summed E-state index contributed by atoms with van der Waals surface area (Å²) in [5, 5.41) is 6.74. The highest BCUT2D eigenvalue weighted by Crippen LogP contribution is 2.11. The first kappa shape index (κ1) is 21.6. The van der Waals surface area contributed by atoms with Crippen LogP contribution in [0.15, 0.2) is 36.9 Å². The highest BCUT2D eigenvalue weighted by Gasteiger charge is 1.95. The summed E-state index contributed by atoms with van der Waals surface area (Å²) in [5.74, 6) is 0.894. The topological polar surface area (TPSA) is 33.3 Å². The Hall–Kier alpha value is -0.740. The van der Waals surface area contributed by atoms with E-state index < -0.39 is 0 Å². The van der Waals surface area contributed by atoms with Crippen LogP contribution in [0.25, 0.3) is 0 Å². The van der Waals surface area contributed by atoms with Gasteiger partial charge in [-0.25, -0.2) is 0 Å². The molecule has 2 N–H and O–H groups in total. The van der Waals surface area contributed by atoms with Crippen LogP contribution in [0.2, 0.25) is 0 Å². The van der Waals surface area contributed by atoms with E-state index in [1.807, 2.05) is 12.1 Å². The van der Waals surface area contributed by atoms with Crippen molar-refractivity contribution in [2.75, 3.05) is 26.2 Å². The lowest BCUT2D eigenvalue weighted by atomic mass is 10.2. The molecule has 0 radical (unpaired) electrons. The molecule has 0 atom stereocenters. The van der Waals surface area contributed by atoms with Gasteiger partial charge in [0.25, 0.3) is 0 Å². The van der Waals surface area contributed by atoms with Crippen LogP contribution < -0.4 is 15.4 Å². The van der Waals surface area contributed by atoms with Gasteiger partial charge in [0.1, 0.15) is 12.4 Å². The molecule has 1 aromatic rings. The van der Waals surface area contributed by atoms with Gasteiger partial charge in [0, 0.05) is 6.54 Å². The number of hydrogen-bond acceptors (Lipinski definition) is 3. The van der Waals surface area contributed by atoms with Crippen molar-refractivity contribution < 1.29 is 4.74 Å². The first-order valence-corrected chi connectivity index (χ1v) is 6.61. The van der Waals surface area contributed by atoms with Crippen LogP contribution in [0, 0.1) is 0 Å². The van der Waals surface area contributed by atoms with E-state index in [1.54, 1.807) is 6.08 Å². The Morgan fingerprint density at radius 1 is 1.10 bits per heavy atom. The maximum absolute atomic E-state index is 5.43. The molecule has 20 heavy (non-hydrogen) atoms. The van der Waals surface area contributed by atoms with Gasteiger partial charge in [0.05, 0.1) is 0 Å². The van der Waals surface area contributed by atoms with E-state index in [0.29, 0.717) is 6.61 Å². The largest absolute Gasteiger partial charge is 0.490 e. The van der Waals surface area contributed by atoms with E-state index in [0.717, 1.165) is 38.3 Å². The molecule has 0 aliphatic heterocycles. The average Bonchev–Trinajstić information content (AvgIpc) is 2.42. The number of benzene rings is 1. The Labute approximate surface area is 135 Å².